The van der Waals surface area contributed by atoms with Gasteiger partial charge < -0.3 is 19.5 Å². The molecule has 0 aromatic heterocycles. The molecule has 0 saturated heterocycles. The lowest BCUT2D eigenvalue weighted by molar-refractivity contribution is -0.119. The molecular weight excluding hydrogens is 348 g/mol. The first-order valence-electron chi connectivity index (χ1n) is 8.04. The van der Waals surface area contributed by atoms with Crippen LogP contribution in [0.5, 0.6) is 17.2 Å². The molecule has 0 aliphatic carbocycles. The van der Waals surface area contributed by atoms with Crippen molar-refractivity contribution in [3.05, 3.63) is 48.0 Å². The minimum atomic E-state index is -0.289. The van der Waals surface area contributed by atoms with Crippen LogP contribution in [0, 0.1) is 11.3 Å². The first kappa shape index (κ1) is 19.6. The van der Waals surface area contributed by atoms with Crippen LogP contribution in [0.3, 0.4) is 0 Å². The topological polar surface area (TPSA) is 105 Å². The second-order valence-electron chi connectivity index (χ2n) is 5.23. The summed E-state index contributed by atoms with van der Waals surface area (Å²) in [4.78, 5) is 11.8. The fourth-order valence-electron chi connectivity index (χ4n) is 2.10. The van der Waals surface area contributed by atoms with Crippen LogP contribution in [0.15, 0.2) is 47.6 Å². The summed E-state index contributed by atoms with van der Waals surface area (Å²) >= 11 is 0. The standard InChI is InChI=1S/C19H20N4O4/c1-25-16-6-4-15(5-7-16)21-13-19(24)23-22-12-14-3-8-17(27-10-9-20)18(11-14)26-2/h3-8,11-12,21H,10,13H2,1-2H3,(H,23,24)/b22-12+. The number of hydrazone groups is 1. The molecule has 0 radical (unpaired) electrons. The molecule has 8 nitrogen and oxygen atoms in total. The number of benzene rings is 2. The number of anilines is 1. The van der Waals surface area contributed by atoms with Gasteiger partial charge in [0.2, 0.25) is 0 Å². The molecule has 2 rings (SSSR count). The molecule has 1 amide bonds. The smallest absolute Gasteiger partial charge is 0.259 e. The number of carbonyl (C=O) groups excluding carboxylic acids is 1. The minimum Gasteiger partial charge on any atom is -0.497 e. The van der Waals surface area contributed by atoms with E-state index in [2.05, 4.69) is 15.8 Å². The zero-order valence-electron chi connectivity index (χ0n) is 15.1. The predicted octanol–water partition coefficient (Wildman–Crippen LogP) is 2.17. The van der Waals surface area contributed by atoms with Gasteiger partial charge in [0.05, 0.1) is 27.0 Å². The molecule has 0 bridgehead atoms. The van der Waals surface area contributed by atoms with Crippen molar-refractivity contribution in [2.45, 2.75) is 0 Å². The normalized spacial score (nSPS) is 10.1. The van der Waals surface area contributed by atoms with Crippen molar-refractivity contribution in [1.82, 2.24) is 5.43 Å². The molecule has 2 aromatic carbocycles. The molecule has 140 valence electrons. The van der Waals surface area contributed by atoms with Crippen molar-refractivity contribution in [3.8, 4) is 23.3 Å². The molecule has 2 N–H and O–H groups in total. The monoisotopic (exact) mass is 368 g/mol. The van der Waals surface area contributed by atoms with Crippen LogP contribution >= 0.6 is 0 Å². The van der Waals surface area contributed by atoms with Gasteiger partial charge in [-0.3, -0.25) is 4.79 Å². The van der Waals surface area contributed by atoms with E-state index in [1.807, 2.05) is 18.2 Å². The highest BCUT2D eigenvalue weighted by atomic mass is 16.5. The molecule has 0 atom stereocenters. The second kappa shape index (κ2) is 10.3. The summed E-state index contributed by atoms with van der Waals surface area (Å²) in [5.41, 5.74) is 3.95. The summed E-state index contributed by atoms with van der Waals surface area (Å²) < 4.78 is 15.5. The fourth-order valence-corrected chi connectivity index (χ4v) is 2.10. The predicted molar refractivity (Wildman–Crippen MR) is 101 cm³/mol. The Bertz CT molecular complexity index is 829. The highest BCUT2D eigenvalue weighted by molar-refractivity contribution is 5.84. The van der Waals surface area contributed by atoms with Gasteiger partial charge in [-0.1, -0.05) is 0 Å². The van der Waals surface area contributed by atoms with Gasteiger partial charge in [-0.2, -0.15) is 10.4 Å². The summed E-state index contributed by atoms with van der Waals surface area (Å²) in [5, 5.41) is 15.5. The highest BCUT2D eigenvalue weighted by Crippen LogP contribution is 2.27. The number of amides is 1. The lowest BCUT2D eigenvalue weighted by atomic mass is 10.2. The quantitative estimate of drug-likeness (QED) is 0.519. The molecule has 0 unspecified atom stereocenters. The summed E-state index contributed by atoms with van der Waals surface area (Å²) in [6.07, 6.45) is 1.49. The Morgan fingerprint density at radius 2 is 1.93 bits per heavy atom. The van der Waals surface area contributed by atoms with E-state index in [-0.39, 0.29) is 19.1 Å². The van der Waals surface area contributed by atoms with Crippen LogP contribution in [0.25, 0.3) is 0 Å². The first-order valence-corrected chi connectivity index (χ1v) is 8.04. The molecule has 0 aliphatic heterocycles. The van der Waals surface area contributed by atoms with E-state index >= 15 is 0 Å². The molecule has 2 aromatic rings. The van der Waals surface area contributed by atoms with Gasteiger partial charge in [0.25, 0.3) is 5.91 Å². The molecule has 0 aliphatic rings. The van der Waals surface area contributed by atoms with E-state index in [0.29, 0.717) is 17.1 Å². The zero-order chi connectivity index (χ0) is 19.5. The number of carbonyl (C=O) groups is 1. The lowest BCUT2D eigenvalue weighted by Crippen LogP contribution is -2.25. The number of hydrogen-bond acceptors (Lipinski definition) is 7. The van der Waals surface area contributed by atoms with Gasteiger partial charge in [0.15, 0.2) is 18.1 Å². The number of hydrogen-bond donors (Lipinski definition) is 2. The molecule has 0 spiro atoms. The maximum atomic E-state index is 11.8. The van der Waals surface area contributed by atoms with Crippen LogP contribution in [0.2, 0.25) is 0 Å². The molecular formula is C19H20N4O4. The fraction of sp³-hybridized carbons (Fsp3) is 0.211. The van der Waals surface area contributed by atoms with Crippen LogP contribution in [0.1, 0.15) is 5.56 Å². The summed E-state index contributed by atoms with van der Waals surface area (Å²) in [5.74, 6) is 1.39. The average Bonchev–Trinajstić information content (AvgIpc) is 2.71. The second-order valence-corrected chi connectivity index (χ2v) is 5.23. The average molecular weight is 368 g/mol. The molecule has 0 saturated carbocycles. The van der Waals surface area contributed by atoms with Gasteiger partial charge in [-0.25, -0.2) is 5.43 Å². The van der Waals surface area contributed by atoms with Crippen molar-refractivity contribution in [2.75, 3.05) is 32.7 Å². The molecule has 27 heavy (non-hydrogen) atoms. The SMILES string of the molecule is COc1ccc(NCC(=O)N/N=C/c2ccc(OCC#N)c(OC)c2)cc1. The number of ether oxygens (including phenoxy) is 3. The largest absolute Gasteiger partial charge is 0.497 e. The van der Waals surface area contributed by atoms with Crippen molar-refractivity contribution in [3.63, 3.8) is 0 Å². The molecule has 8 heteroatoms. The Morgan fingerprint density at radius 3 is 2.59 bits per heavy atom. The van der Waals surface area contributed by atoms with Crippen molar-refractivity contribution >= 4 is 17.8 Å². The van der Waals surface area contributed by atoms with Gasteiger partial charge in [0, 0.05) is 5.69 Å². The summed E-state index contributed by atoms with van der Waals surface area (Å²) in [6.45, 7) is 0.00891. The summed E-state index contributed by atoms with van der Waals surface area (Å²) in [6, 6.07) is 14.2. The van der Waals surface area contributed by atoms with Crippen LogP contribution < -0.4 is 25.0 Å². The molecule has 0 heterocycles. The third-order valence-electron chi connectivity index (χ3n) is 3.43. The third-order valence-corrected chi connectivity index (χ3v) is 3.43. The Hall–Kier alpha value is -3.73. The molecule has 0 fully saturated rings. The lowest BCUT2D eigenvalue weighted by Gasteiger charge is -2.08. The van der Waals surface area contributed by atoms with E-state index in [9.17, 15) is 4.79 Å². The van der Waals surface area contributed by atoms with Crippen molar-refractivity contribution < 1.29 is 19.0 Å². The Balaban J connectivity index is 1.84. The van der Waals surface area contributed by atoms with E-state index in [0.717, 1.165) is 11.4 Å². The highest BCUT2D eigenvalue weighted by Gasteiger charge is 2.05. The van der Waals surface area contributed by atoms with E-state index in [1.165, 1.54) is 13.3 Å². The van der Waals surface area contributed by atoms with Crippen LogP contribution in [-0.2, 0) is 4.79 Å². The van der Waals surface area contributed by atoms with Gasteiger partial charge >= 0.3 is 0 Å². The van der Waals surface area contributed by atoms with Crippen molar-refractivity contribution in [1.29, 1.82) is 5.26 Å². The third kappa shape index (κ3) is 6.25. The number of nitriles is 1. The van der Waals surface area contributed by atoms with E-state index < -0.39 is 0 Å². The maximum Gasteiger partial charge on any atom is 0.259 e. The maximum absolute atomic E-state index is 11.8. The number of rotatable bonds is 9. The number of methoxy groups -OCH3 is 2. The Morgan fingerprint density at radius 1 is 1.15 bits per heavy atom. The van der Waals surface area contributed by atoms with Crippen molar-refractivity contribution in [2.24, 2.45) is 5.10 Å². The number of nitrogens with one attached hydrogen (secondary N) is 2. The van der Waals surface area contributed by atoms with Gasteiger partial charge in [0.1, 0.15) is 11.8 Å². The minimum absolute atomic E-state index is 0.0684. The van der Waals surface area contributed by atoms with Crippen LogP contribution in [-0.4, -0.2) is 39.5 Å². The van der Waals surface area contributed by atoms with E-state index in [4.69, 9.17) is 19.5 Å². The Labute approximate surface area is 157 Å². The van der Waals surface area contributed by atoms with Gasteiger partial charge in [-0.05, 0) is 48.0 Å². The first-order chi connectivity index (χ1) is 13.2. The summed E-state index contributed by atoms with van der Waals surface area (Å²) in [7, 11) is 3.10. The zero-order valence-corrected chi connectivity index (χ0v) is 15.1. The van der Waals surface area contributed by atoms with E-state index in [1.54, 1.807) is 37.4 Å². The van der Waals surface area contributed by atoms with Gasteiger partial charge in [-0.15, -0.1) is 0 Å². The number of nitrogens with zero attached hydrogens (tertiary/aromatic N) is 2. The van der Waals surface area contributed by atoms with Crippen LogP contribution in [0.4, 0.5) is 5.69 Å². The Kier molecular flexibility index (Phi) is 7.48.